The van der Waals surface area contributed by atoms with E-state index in [1.54, 1.807) is 0 Å². The second-order valence-corrected chi connectivity index (χ2v) is 5.51. The first-order chi connectivity index (χ1) is 8.68. The SMILES string of the molecule is C[N+]1(CCNC(=O)Cc2ccccc2)CCCC1. The predicted octanol–water partition coefficient (Wildman–Crippen LogP) is 1.59. The third-order valence-corrected chi connectivity index (χ3v) is 3.83. The summed E-state index contributed by atoms with van der Waals surface area (Å²) in [6, 6.07) is 9.90. The Morgan fingerprint density at radius 2 is 1.89 bits per heavy atom. The van der Waals surface area contributed by atoms with Gasteiger partial charge in [0.15, 0.2) is 0 Å². The van der Waals surface area contributed by atoms with E-state index in [0.717, 1.165) is 23.1 Å². The molecule has 2 rings (SSSR count). The van der Waals surface area contributed by atoms with E-state index in [0.29, 0.717) is 6.42 Å². The van der Waals surface area contributed by atoms with Gasteiger partial charge in [0.25, 0.3) is 0 Å². The molecule has 1 saturated heterocycles. The van der Waals surface area contributed by atoms with Gasteiger partial charge in [0.05, 0.1) is 39.6 Å². The van der Waals surface area contributed by atoms with Crippen LogP contribution in [0.3, 0.4) is 0 Å². The maximum atomic E-state index is 11.8. The zero-order valence-electron chi connectivity index (χ0n) is 11.2. The number of quaternary nitrogens is 1. The third-order valence-electron chi connectivity index (χ3n) is 3.83. The van der Waals surface area contributed by atoms with E-state index in [1.165, 1.54) is 25.9 Å². The van der Waals surface area contributed by atoms with Crippen LogP contribution in [0.25, 0.3) is 0 Å². The fraction of sp³-hybridized carbons (Fsp3) is 0.533. The number of carbonyl (C=O) groups excluding carboxylic acids is 1. The molecule has 0 spiro atoms. The minimum absolute atomic E-state index is 0.131. The minimum Gasteiger partial charge on any atom is -0.350 e. The third kappa shape index (κ3) is 3.84. The number of hydrogen-bond donors (Lipinski definition) is 1. The molecule has 0 radical (unpaired) electrons. The molecule has 0 aromatic heterocycles. The van der Waals surface area contributed by atoms with E-state index in [9.17, 15) is 4.79 Å². The van der Waals surface area contributed by atoms with Crippen LogP contribution in [-0.2, 0) is 11.2 Å². The average Bonchev–Trinajstić information content (AvgIpc) is 2.77. The Morgan fingerprint density at radius 3 is 2.56 bits per heavy atom. The van der Waals surface area contributed by atoms with Crippen molar-refractivity contribution in [2.24, 2.45) is 0 Å². The van der Waals surface area contributed by atoms with Crippen molar-refractivity contribution in [3.05, 3.63) is 35.9 Å². The van der Waals surface area contributed by atoms with Crippen LogP contribution in [0.2, 0.25) is 0 Å². The van der Waals surface area contributed by atoms with Gasteiger partial charge < -0.3 is 9.80 Å². The quantitative estimate of drug-likeness (QED) is 0.787. The lowest BCUT2D eigenvalue weighted by Crippen LogP contribution is -2.46. The van der Waals surface area contributed by atoms with Gasteiger partial charge in [-0.05, 0) is 5.56 Å². The summed E-state index contributed by atoms with van der Waals surface area (Å²) >= 11 is 0. The van der Waals surface area contributed by atoms with Crippen LogP contribution in [0.15, 0.2) is 30.3 Å². The number of carbonyl (C=O) groups is 1. The molecule has 1 amide bonds. The Labute approximate surface area is 109 Å². The van der Waals surface area contributed by atoms with Crippen molar-refractivity contribution in [3.63, 3.8) is 0 Å². The van der Waals surface area contributed by atoms with Crippen LogP contribution in [-0.4, -0.2) is 43.6 Å². The van der Waals surface area contributed by atoms with E-state index in [4.69, 9.17) is 0 Å². The van der Waals surface area contributed by atoms with Crippen LogP contribution in [0.1, 0.15) is 18.4 Å². The van der Waals surface area contributed by atoms with Gasteiger partial charge >= 0.3 is 0 Å². The number of amides is 1. The molecule has 18 heavy (non-hydrogen) atoms. The molecule has 0 bridgehead atoms. The van der Waals surface area contributed by atoms with Gasteiger partial charge in [-0.15, -0.1) is 0 Å². The standard InChI is InChI=1S/C15H22N2O/c1-17(10-5-6-11-17)12-9-16-15(18)13-14-7-3-2-4-8-14/h2-4,7-8H,5-6,9-13H2,1H3/p+1. The molecule has 3 nitrogen and oxygen atoms in total. The summed E-state index contributed by atoms with van der Waals surface area (Å²) in [5.41, 5.74) is 1.08. The maximum Gasteiger partial charge on any atom is 0.224 e. The zero-order valence-corrected chi connectivity index (χ0v) is 11.2. The molecule has 1 N–H and O–H groups in total. The minimum atomic E-state index is 0.131. The average molecular weight is 247 g/mol. The Balaban J connectivity index is 1.69. The lowest BCUT2D eigenvalue weighted by atomic mass is 10.1. The number of nitrogens with one attached hydrogen (secondary N) is 1. The number of hydrogen-bond acceptors (Lipinski definition) is 1. The highest BCUT2D eigenvalue weighted by Crippen LogP contribution is 2.14. The first-order valence-electron chi connectivity index (χ1n) is 6.82. The lowest BCUT2D eigenvalue weighted by Gasteiger charge is -2.29. The van der Waals surface area contributed by atoms with Crippen LogP contribution in [0.5, 0.6) is 0 Å². The van der Waals surface area contributed by atoms with E-state index in [-0.39, 0.29) is 5.91 Å². The Bertz CT molecular complexity index is 383. The summed E-state index contributed by atoms with van der Waals surface area (Å²) in [5.74, 6) is 0.131. The zero-order chi connectivity index (χ0) is 12.8. The van der Waals surface area contributed by atoms with Crippen LogP contribution in [0, 0.1) is 0 Å². The smallest absolute Gasteiger partial charge is 0.224 e. The molecule has 0 unspecified atom stereocenters. The topological polar surface area (TPSA) is 29.1 Å². The van der Waals surface area contributed by atoms with Crippen molar-refractivity contribution < 1.29 is 9.28 Å². The van der Waals surface area contributed by atoms with Gasteiger partial charge in [-0.1, -0.05) is 30.3 Å². The van der Waals surface area contributed by atoms with Gasteiger partial charge in [-0.2, -0.15) is 0 Å². The number of nitrogens with zero attached hydrogens (tertiary/aromatic N) is 1. The fourth-order valence-electron chi connectivity index (χ4n) is 2.63. The summed E-state index contributed by atoms with van der Waals surface area (Å²) in [5, 5.41) is 3.03. The summed E-state index contributed by atoms with van der Waals surface area (Å²) in [6.45, 7) is 4.37. The van der Waals surface area contributed by atoms with Crippen LogP contribution >= 0.6 is 0 Å². The Hall–Kier alpha value is -1.35. The molecule has 0 saturated carbocycles. The Kier molecular flexibility index (Phi) is 4.37. The van der Waals surface area contributed by atoms with Gasteiger partial charge in [0.2, 0.25) is 5.91 Å². The molecule has 1 aliphatic heterocycles. The molecular weight excluding hydrogens is 224 g/mol. The molecule has 0 aliphatic carbocycles. The lowest BCUT2D eigenvalue weighted by molar-refractivity contribution is -0.896. The van der Waals surface area contributed by atoms with Gasteiger partial charge in [0, 0.05) is 12.8 Å². The maximum absolute atomic E-state index is 11.8. The molecular formula is C15H23N2O+. The van der Waals surface area contributed by atoms with Crippen molar-refractivity contribution in [1.82, 2.24) is 5.32 Å². The van der Waals surface area contributed by atoms with Crippen LogP contribution in [0.4, 0.5) is 0 Å². The molecule has 1 fully saturated rings. The summed E-state index contributed by atoms with van der Waals surface area (Å²) < 4.78 is 1.12. The molecule has 98 valence electrons. The van der Waals surface area contributed by atoms with E-state index in [2.05, 4.69) is 12.4 Å². The predicted molar refractivity (Wildman–Crippen MR) is 73.2 cm³/mol. The second kappa shape index (κ2) is 6.01. The van der Waals surface area contributed by atoms with Gasteiger partial charge in [-0.25, -0.2) is 0 Å². The highest BCUT2D eigenvalue weighted by atomic mass is 16.1. The second-order valence-electron chi connectivity index (χ2n) is 5.51. The van der Waals surface area contributed by atoms with E-state index in [1.807, 2.05) is 30.3 Å². The summed E-state index contributed by atoms with van der Waals surface area (Å²) in [4.78, 5) is 11.8. The van der Waals surface area contributed by atoms with Crippen molar-refractivity contribution in [1.29, 1.82) is 0 Å². The monoisotopic (exact) mass is 247 g/mol. The van der Waals surface area contributed by atoms with Gasteiger partial charge in [-0.3, -0.25) is 4.79 Å². The van der Waals surface area contributed by atoms with Crippen molar-refractivity contribution in [3.8, 4) is 0 Å². The molecule has 1 aromatic carbocycles. The number of benzene rings is 1. The Morgan fingerprint density at radius 1 is 1.22 bits per heavy atom. The highest BCUT2D eigenvalue weighted by molar-refractivity contribution is 5.78. The number of likely N-dealkylation sites (N-methyl/N-ethyl adjacent to an activating group) is 1. The fourth-order valence-corrected chi connectivity index (χ4v) is 2.63. The number of rotatable bonds is 5. The first kappa shape index (κ1) is 13.1. The van der Waals surface area contributed by atoms with Crippen LogP contribution < -0.4 is 5.32 Å². The van der Waals surface area contributed by atoms with Crippen molar-refractivity contribution in [2.45, 2.75) is 19.3 Å². The van der Waals surface area contributed by atoms with E-state index >= 15 is 0 Å². The molecule has 3 heteroatoms. The molecule has 1 heterocycles. The molecule has 1 aliphatic rings. The van der Waals surface area contributed by atoms with E-state index < -0.39 is 0 Å². The normalized spacial score (nSPS) is 17.6. The number of likely N-dealkylation sites (tertiary alicyclic amines) is 1. The largest absolute Gasteiger partial charge is 0.350 e. The first-order valence-corrected chi connectivity index (χ1v) is 6.82. The molecule has 1 aromatic rings. The summed E-state index contributed by atoms with van der Waals surface area (Å²) in [6.07, 6.45) is 3.15. The van der Waals surface area contributed by atoms with Crippen molar-refractivity contribution >= 4 is 5.91 Å². The molecule has 0 atom stereocenters. The summed E-state index contributed by atoms with van der Waals surface area (Å²) in [7, 11) is 2.29. The van der Waals surface area contributed by atoms with Crippen molar-refractivity contribution in [2.75, 3.05) is 33.2 Å². The van der Waals surface area contributed by atoms with Gasteiger partial charge in [0.1, 0.15) is 0 Å². The highest BCUT2D eigenvalue weighted by Gasteiger charge is 2.26.